The van der Waals surface area contributed by atoms with Crippen molar-refractivity contribution in [3.8, 4) is 0 Å². The zero-order valence-corrected chi connectivity index (χ0v) is 19.8. The number of imide groups is 1. The number of aryl methyl sites for hydroxylation is 1. The first-order chi connectivity index (χ1) is 16.4. The Bertz CT molecular complexity index is 1120. The van der Waals surface area contributed by atoms with Crippen LogP contribution in [-0.4, -0.2) is 58.9 Å². The predicted octanol–water partition coefficient (Wildman–Crippen LogP) is 3.70. The van der Waals surface area contributed by atoms with E-state index in [2.05, 4.69) is 5.32 Å². The summed E-state index contributed by atoms with van der Waals surface area (Å²) >= 11 is 0.914. The van der Waals surface area contributed by atoms with Gasteiger partial charge in [-0.2, -0.15) is 0 Å². The van der Waals surface area contributed by atoms with Crippen LogP contribution >= 0.6 is 11.8 Å². The van der Waals surface area contributed by atoms with Crippen molar-refractivity contribution >= 4 is 40.8 Å². The number of piperidine rings is 1. The molecule has 0 spiro atoms. The summed E-state index contributed by atoms with van der Waals surface area (Å²) in [6.45, 7) is 3.31. The molecular weight excluding hydrogens is 450 g/mol. The SMILES string of the molecule is Cc1ccccc1C(=O)N1CCC(C(=O)NCCN2C(=O)SC(=Cc3ccccc3)C2=O)CC1. The number of carbonyl (C=O) groups excluding carboxylic acids is 4. The normalized spacial score (nSPS) is 18.0. The minimum Gasteiger partial charge on any atom is -0.354 e. The molecule has 2 heterocycles. The van der Waals surface area contributed by atoms with Gasteiger partial charge in [0.1, 0.15) is 0 Å². The van der Waals surface area contributed by atoms with E-state index in [9.17, 15) is 19.2 Å². The lowest BCUT2D eigenvalue weighted by atomic mass is 9.95. The van der Waals surface area contributed by atoms with Gasteiger partial charge in [0, 0.05) is 37.7 Å². The van der Waals surface area contributed by atoms with Crippen LogP contribution < -0.4 is 5.32 Å². The lowest BCUT2D eigenvalue weighted by Gasteiger charge is -2.31. The fourth-order valence-corrected chi connectivity index (χ4v) is 5.02. The summed E-state index contributed by atoms with van der Waals surface area (Å²) in [6, 6.07) is 16.9. The molecule has 2 aliphatic heterocycles. The standard InChI is InChI=1S/C26H27N3O4S/c1-18-7-5-6-10-21(18)24(31)28-14-11-20(12-15-28)23(30)27-13-16-29-25(32)22(34-26(29)33)17-19-8-3-2-4-9-19/h2-10,17,20H,11-16H2,1H3,(H,27,30). The number of nitrogens with one attached hydrogen (secondary N) is 1. The second-order valence-electron chi connectivity index (χ2n) is 8.42. The van der Waals surface area contributed by atoms with Crippen molar-refractivity contribution in [1.29, 1.82) is 0 Å². The van der Waals surface area contributed by atoms with Crippen LogP contribution in [0.2, 0.25) is 0 Å². The summed E-state index contributed by atoms with van der Waals surface area (Å²) in [6.07, 6.45) is 2.88. The molecular formula is C26H27N3O4S. The quantitative estimate of drug-likeness (QED) is 0.641. The van der Waals surface area contributed by atoms with Gasteiger partial charge in [-0.1, -0.05) is 48.5 Å². The fourth-order valence-electron chi connectivity index (χ4n) is 4.16. The van der Waals surface area contributed by atoms with Crippen LogP contribution in [0.25, 0.3) is 6.08 Å². The van der Waals surface area contributed by atoms with Gasteiger partial charge in [0.15, 0.2) is 0 Å². The van der Waals surface area contributed by atoms with E-state index in [4.69, 9.17) is 0 Å². The zero-order chi connectivity index (χ0) is 24.1. The molecule has 0 aromatic heterocycles. The van der Waals surface area contributed by atoms with E-state index in [1.165, 1.54) is 4.90 Å². The number of hydrogen-bond donors (Lipinski definition) is 1. The first kappa shape index (κ1) is 23.8. The zero-order valence-electron chi connectivity index (χ0n) is 19.0. The molecule has 8 heteroatoms. The summed E-state index contributed by atoms with van der Waals surface area (Å²) in [7, 11) is 0. The van der Waals surface area contributed by atoms with E-state index in [-0.39, 0.29) is 42.0 Å². The van der Waals surface area contributed by atoms with E-state index in [1.54, 1.807) is 11.0 Å². The number of nitrogens with zero attached hydrogens (tertiary/aromatic N) is 2. The lowest BCUT2D eigenvalue weighted by molar-refractivity contribution is -0.127. The summed E-state index contributed by atoms with van der Waals surface area (Å²) in [5.41, 5.74) is 2.50. The number of thioether (sulfide) groups is 1. The Morgan fingerprint density at radius 1 is 1.03 bits per heavy atom. The molecule has 0 radical (unpaired) electrons. The van der Waals surface area contributed by atoms with E-state index >= 15 is 0 Å². The van der Waals surface area contributed by atoms with Gasteiger partial charge in [0.25, 0.3) is 17.1 Å². The van der Waals surface area contributed by atoms with Crippen molar-refractivity contribution in [1.82, 2.24) is 15.1 Å². The Labute approximate surface area is 203 Å². The average molecular weight is 478 g/mol. The second kappa shape index (κ2) is 10.7. The monoisotopic (exact) mass is 477 g/mol. The minimum atomic E-state index is -0.337. The first-order valence-corrected chi connectivity index (χ1v) is 12.2. The highest BCUT2D eigenvalue weighted by atomic mass is 32.2. The Morgan fingerprint density at radius 3 is 2.41 bits per heavy atom. The Hall–Kier alpha value is -3.39. The van der Waals surface area contributed by atoms with Gasteiger partial charge in [0.2, 0.25) is 5.91 Å². The maximum absolute atomic E-state index is 12.8. The van der Waals surface area contributed by atoms with Crippen LogP contribution in [0, 0.1) is 12.8 Å². The maximum Gasteiger partial charge on any atom is 0.293 e. The summed E-state index contributed by atoms with van der Waals surface area (Å²) in [4.78, 5) is 53.6. The van der Waals surface area contributed by atoms with Crippen molar-refractivity contribution in [2.75, 3.05) is 26.2 Å². The minimum absolute atomic E-state index is 0.000113. The highest BCUT2D eigenvalue weighted by Crippen LogP contribution is 2.31. The molecule has 0 unspecified atom stereocenters. The van der Waals surface area contributed by atoms with E-state index in [1.807, 2.05) is 61.5 Å². The van der Waals surface area contributed by atoms with Crippen LogP contribution in [0.5, 0.6) is 0 Å². The van der Waals surface area contributed by atoms with Gasteiger partial charge in [0.05, 0.1) is 4.91 Å². The van der Waals surface area contributed by atoms with Crippen LogP contribution in [0.15, 0.2) is 59.5 Å². The molecule has 2 aliphatic rings. The van der Waals surface area contributed by atoms with E-state index in [0.717, 1.165) is 22.9 Å². The third kappa shape index (κ3) is 5.39. The Balaban J connectivity index is 1.24. The number of rotatable bonds is 6. The highest BCUT2D eigenvalue weighted by Gasteiger charge is 2.35. The third-order valence-electron chi connectivity index (χ3n) is 6.13. The molecule has 0 atom stereocenters. The van der Waals surface area contributed by atoms with Gasteiger partial charge in [-0.3, -0.25) is 24.1 Å². The molecule has 176 valence electrons. The van der Waals surface area contributed by atoms with Gasteiger partial charge < -0.3 is 10.2 Å². The smallest absolute Gasteiger partial charge is 0.293 e. The van der Waals surface area contributed by atoms with Crippen LogP contribution in [0.1, 0.15) is 34.3 Å². The molecule has 4 rings (SSSR count). The molecule has 2 saturated heterocycles. The number of amides is 4. The lowest BCUT2D eigenvalue weighted by Crippen LogP contribution is -2.44. The van der Waals surface area contributed by atoms with Crippen molar-refractivity contribution in [3.63, 3.8) is 0 Å². The summed E-state index contributed by atoms with van der Waals surface area (Å²) in [5.74, 6) is -0.625. The van der Waals surface area contributed by atoms with E-state index < -0.39 is 0 Å². The van der Waals surface area contributed by atoms with Gasteiger partial charge in [-0.05, 0) is 54.8 Å². The number of likely N-dealkylation sites (tertiary alicyclic amines) is 1. The third-order valence-corrected chi connectivity index (χ3v) is 7.04. The number of hydrogen-bond acceptors (Lipinski definition) is 5. The van der Waals surface area contributed by atoms with Crippen molar-refractivity contribution < 1.29 is 19.2 Å². The number of benzene rings is 2. The molecule has 4 amide bonds. The molecule has 2 aromatic carbocycles. The van der Waals surface area contributed by atoms with Gasteiger partial charge >= 0.3 is 0 Å². The topological polar surface area (TPSA) is 86.8 Å². The molecule has 34 heavy (non-hydrogen) atoms. The largest absolute Gasteiger partial charge is 0.354 e. The summed E-state index contributed by atoms with van der Waals surface area (Å²) < 4.78 is 0. The van der Waals surface area contributed by atoms with E-state index in [0.29, 0.717) is 36.4 Å². The maximum atomic E-state index is 12.8. The van der Waals surface area contributed by atoms with Crippen LogP contribution in [0.3, 0.4) is 0 Å². The molecule has 0 aliphatic carbocycles. The Morgan fingerprint density at radius 2 is 1.71 bits per heavy atom. The van der Waals surface area contributed by atoms with Crippen molar-refractivity contribution in [3.05, 3.63) is 76.2 Å². The molecule has 0 bridgehead atoms. The highest BCUT2D eigenvalue weighted by molar-refractivity contribution is 8.18. The molecule has 2 fully saturated rings. The molecule has 0 saturated carbocycles. The van der Waals surface area contributed by atoms with Crippen molar-refractivity contribution in [2.24, 2.45) is 5.92 Å². The predicted molar refractivity (Wildman–Crippen MR) is 132 cm³/mol. The summed E-state index contributed by atoms with van der Waals surface area (Å²) in [5, 5.41) is 2.52. The molecule has 7 nitrogen and oxygen atoms in total. The van der Waals surface area contributed by atoms with Crippen LogP contribution in [-0.2, 0) is 9.59 Å². The fraction of sp³-hybridized carbons (Fsp3) is 0.308. The van der Waals surface area contributed by atoms with Gasteiger partial charge in [-0.15, -0.1) is 0 Å². The first-order valence-electron chi connectivity index (χ1n) is 11.4. The number of carbonyl (C=O) groups is 4. The van der Waals surface area contributed by atoms with Crippen molar-refractivity contribution in [2.45, 2.75) is 19.8 Å². The van der Waals surface area contributed by atoms with Gasteiger partial charge in [-0.25, -0.2) is 0 Å². The average Bonchev–Trinajstić information content (AvgIpc) is 3.12. The molecule has 2 aromatic rings. The Kier molecular flexibility index (Phi) is 7.47. The molecule has 1 N–H and O–H groups in total. The second-order valence-corrected chi connectivity index (χ2v) is 9.41. The van der Waals surface area contributed by atoms with Crippen LogP contribution in [0.4, 0.5) is 4.79 Å².